The fraction of sp³-hybridized carbons (Fsp3) is 0.200. The van der Waals surface area contributed by atoms with Gasteiger partial charge in [0.1, 0.15) is 10.7 Å². The van der Waals surface area contributed by atoms with Crippen LogP contribution in [-0.2, 0) is 16.2 Å². The second-order valence-corrected chi connectivity index (χ2v) is 7.96. The summed E-state index contributed by atoms with van der Waals surface area (Å²) in [6.07, 6.45) is -3.44. The number of rotatable bonds is 5. The first-order valence-electron chi connectivity index (χ1n) is 7.72. The highest BCUT2D eigenvalue weighted by atomic mass is 35.5. The van der Waals surface area contributed by atoms with E-state index >= 15 is 0 Å². The van der Waals surface area contributed by atoms with Crippen LogP contribution in [0.3, 0.4) is 0 Å². The summed E-state index contributed by atoms with van der Waals surface area (Å²) in [5.41, 5.74) is 1.79. The van der Waals surface area contributed by atoms with Gasteiger partial charge in [0.15, 0.2) is 5.82 Å². The van der Waals surface area contributed by atoms with E-state index in [-0.39, 0.29) is 32.6 Å². The normalized spacial score (nSPS) is 13.6. The quantitative estimate of drug-likeness (QED) is 0.361. The zero-order valence-corrected chi connectivity index (χ0v) is 15.7. The molecule has 0 saturated heterocycles. The van der Waals surface area contributed by atoms with Crippen molar-refractivity contribution in [2.75, 3.05) is 5.43 Å². The zero-order chi connectivity index (χ0) is 20.7. The first-order valence-corrected chi connectivity index (χ1v) is 9.59. The molecule has 5 N–H and O–H groups in total. The molecule has 2 heterocycles. The maximum atomic E-state index is 12.8. The van der Waals surface area contributed by atoms with E-state index in [0.29, 0.717) is 0 Å². The van der Waals surface area contributed by atoms with Gasteiger partial charge >= 0.3 is 6.18 Å². The molecule has 150 valence electrons. The van der Waals surface area contributed by atoms with Crippen LogP contribution >= 0.6 is 11.6 Å². The highest BCUT2D eigenvalue weighted by Crippen LogP contribution is 2.31. The van der Waals surface area contributed by atoms with Crippen molar-refractivity contribution in [3.05, 3.63) is 46.9 Å². The smallest absolute Gasteiger partial charge is 0.341 e. The van der Waals surface area contributed by atoms with Crippen LogP contribution in [0, 0.1) is 0 Å². The molecular weight excluding hydrogens is 421 g/mol. The fourth-order valence-corrected chi connectivity index (χ4v) is 3.90. The summed E-state index contributed by atoms with van der Waals surface area (Å²) in [6, 6.07) is 3.32. The van der Waals surface area contributed by atoms with Gasteiger partial charge in [-0.2, -0.15) is 13.2 Å². The molecule has 28 heavy (non-hydrogen) atoms. The Kier molecular flexibility index (Phi) is 5.23. The van der Waals surface area contributed by atoms with Gasteiger partial charge in [0.2, 0.25) is 10.0 Å². The first kappa shape index (κ1) is 20.3. The van der Waals surface area contributed by atoms with Crippen LogP contribution in [0.5, 0.6) is 0 Å². The lowest BCUT2D eigenvalue weighted by Crippen LogP contribution is -2.27. The predicted octanol–water partition coefficient (Wildman–Crippen LogP) is 2.96. The molecule has 1 atom stereocenters. The molecule has 0 saturated carbocycles. The summed E-state index contributed by atoms with van der Waals surface area (Å²) >= 11 is 5.89. The molecule has 8 nitrogen and oxygen atoms in total. The van der Waals surface area contributed by atoms with E-state index < -0.39 is 27.8 Å². The number of hydrogen-bond acceptors (Lipinski definition) is 6. The summed E-state index contributed by atoms with van der Waals surface area (Å²) in [5.74, 6) is 5.45. The van der Waals surface area contributed by atoms with Crippen molar-refractivity contribution in [2.45, 2.75) is 24.0 Å². The van der Waals surface area contributed by atoms with Crippen LogP contribution in [0.15, 0.2) is 35.4 Å². The number of fused-ring (bicyclic) bond motifs is 1. The van der Waals surface area contributed by atoms with E-state index in [1.807, 2.05) is 0 Å². The van der Waals surface area contributed by atoms with Crippen LogP contribution in [0.25, 0.3) is 11.0 Å². The minimum absolute atomic E-state index is 0.00134. The van der Waals surface area contributed by atoms with Gasteiger partial charge in [0, 0.05) is 6.20 Å². The first-order chi connectivity index (χ1) is 13.0. The van der Waals surface area contributed by atoms with Gasteiger partial charge in [0.25, 0.3) is 0 Å². The third-order valence-corrected chi connectivity index (χ3v) is 5.63. The molecule has 0 fully saturated rings. The van der Waals surface area contributed by atoms with E-state index in [1.54, 1.807) is 0 Å². The molecule has 0 unspecified atom stereocenters. The van der Waals surface area contributed by atoms with Crippen molar-refractivity contribution in [3.8, 4) is 0 Å². The highest BCUT2D eigenvalue weighted by Gasteiger charge is 2.31. The van der Waals surface area contributed by atoms with E-state index in [9.17, 15) is 21.6 Å². The molecule has 2 aromatic heterocycles. The monoisotopic (exact) mass is 434 g/mol. The number of nitrogens with one attached hydrogen (secondary N) is 3. The second-order valence-electron chi connectivity index (χ2n) is 5.84. The number of hydrogen-bond donors (Lipinski definition) is 4. The molecule has 1 aromatic carbocycles. The van der Waals surface area contributed by atoms with Gasteiger partial charge in [0.05, 0.1) is 27.7 Å². The Morgan fingerprint density at radius 2 is 2.00 bits per heavy atom. The molecule has 13 heteroatoms. The number of halogens is 4. The number of sulfonamides is 1. The number of H-pyrrole nitrogens is 1. The second kappa shape index (κ2) is 7.20. The van der Waals surface area contributed by atoms with Crippen molar-refractivity contribution in [3.63, 3.8) is 0 Å². The predicted molar refractivity (Wildman–Crippen MR) is 96.9 cm³/mol. The number of benzene rings is 1. The molecule has 0 aliphatic rings. The number of imidazole rings is 1. The molecule has 0 aliphatic heterocycles. The lowest BCUT2D eigenvalue weighted by molar-refractivity contribution is -0.137. The van der Waals surface area contributed by atoms with Crippen LogP contribution in [-0.4, -0.2) is 23.4 Å². The van der Waals surface area contributed by atoms with Crippen LogP contribution in [0.2, 0.25) is 5.02 Å². The molecule has 0 bridgehead atoms. The van der Waals surface area contributed by atoms with Crippen molar-refractivity contribution in [1.29, 1.82) is 0 Å². The lowest BCUT2D eigenvalue weighted by Gasteiger charge is -2.12. The molecule has 0 amide bonds. The summed E-state index contributed by atoms with van der Waals surface area (Å²) in [7, 11) is -4.03. The number of pyridine rings is 1. The van der Waals surface area contributed by atoms with Gasteiger partial charge in [-0.15, -0.1) is 0 Å². The topological polar surface area (TPSA) is 126 Å². The zero-order valence-electron chi connectivity index (χ0n) is 14.2. The Bertz CT molecular complexity index is 1130. The largest absolute Gasteiger partial charge is 0.416 e. The highest BCUT2D eigenvalue weighted by molar-refractivity contribution is 7.89. The van der Waals surface area contributed by atoms with Gasteiger partial charge in [-0.1, -0.05) is 11.6 Å². The molecule has 3 aromatic rings. The number of nitrogens with zero attached hydrogens (tertiary/aromatic N) is 2. The Morgan fingerprint density at radius 1 is 1.29 bits per heavy atom. The Hall–Kier alpha value is -2.41. The SMILES string of the molecule is C[C@@H](NS(=O)(=O)c1cnc(NN)c(Cl)c1)c1nc2ccc(C(F)(F)F)cc2[nH]1. The maximum absolute atomic E-state index is 12.8. The lowest BCUT2D eigenvalue weighted by atomic mass is 10.2. The summed E-state index contributed by atoms with van der Waals surface area (Å²) < 4.78 is 65.9. The van der Waals surface area contributed by atoms with Crippen LogP contribution in [0.4, 0.5) is 19.0 Å². The third-order valence-electron chi connectivity index (χ3n) is 3.83. The van der Waals surface area contributed by atoms with Crippen molar-refractivity contribution in [2.24, 2.45) is 5.84 Å². The van der Waals surface area contributed by atoms with E-state index in [2.05, 4.69) is 25.1 Å². The number of nitrogen functional groups attached to an aromatic ring is 1. The number of alkyl halides is 3. The average Bonchev–Trinajstić information content (AvgIpc) is 3.04. The van der Waals surface area contributed by atoms with E-state index in [4.69, 9.17) is 17.4 Å². The van der Waals surface area contributed by atoms with Crippen LogP contribution in [0.1, 0.15) is 24.4 Å². The van der Waals surface area contributed by atoms with Gasteiger partial charge in [-0.25, -0.2) is 29.0 Å². The van der Waals surface area contributed by atoms with Gasteiger partial charge < -0.3 is 10.4 Å². The van der Waals surface area contributed by atoms with Gasteiger partial charge in [-0.05, 0) is 31.2 Å². The molecule has 0 radical (unpaired) electrons. The molecule has 0 aliphatic carbocycles. The Morgan fingerprint density at radius 3 is 2.61 bits per heavy atom. The van der Waals surface area contributed by atoms with Crippen molar-refractivity contribution >= 4 is 38.5 Å². The maximum Gasteiger partial charge on any atom is 0.416 e. The Balaban J connectivity index is 1.87. The van der Waals surface area contributed by atoms with Gasteiger partial charge in [-0.3, -0.25) is 0 Å². The molecule has 3 rings (SSSR count). The minimum atomic E-state index is -4.50. The number of anilines is 1. The van der Waals surface area contributed by atoms with E-state index in [1.165, 1.54) is 13.0 Å². The summed E-state index contributed by atoms with van der Waals surface area (Å²) in [5, 5.41) is 0.00134. The fourth-order valence-electron chi connectivity index (χ4n) is 2.44. The standard InChI is InChI=1S/C15H14ClF3N6O2S/c1-7(25-28(26,27)9-5-10(16)14(24-20)21-6-9)13-22-11-3-2-8(15(17,18)19)4-12(11)23-13/h2-7,25H,20H2,1H3,(H,21,24)(H,22,23)/t7-/m1/s1. The number of nitrogens with two attached hydrogens (primary N) is 1. The van der Waals surface area contributed by atoms with E-state index in [0.717, 1.165) is 24.4 Å². The molecule has 0 spiro atoms. The van der Waals surface area contributed by atoms with Crippen LogP contribution < -0.4 is 16.0 Å². The Labute approximate surface area is 162 Å². The van der Waals surface area contributed by atoms with Crippen molar-refractivity contribution in [1.82, 2.24) is 19.7 Å². The third kappa shape index (κ3) is 4.04. The summed E-state index contributed by atoms with van der Waals surface area (Å²) in [4.78, 5) is 10.4. The number of aromatic nitrogens is 3. The van der Waals surface area contributed by atoms with Crippen molar-refractivity contribution < 1.29 is 21.6 Å². The number of aromatic amines is 1. The summed E-state index contributed by atoms with van der Waals surface area (Å²) in [6.45, 7) is 1.49. The average molecular weight is 435 g/mol. The molecular formula is C15H14ClF3N6O2S. The number of hydrazine groups is 1. The minimum Gasteiger partial charge on any atom is -0.341 e.